The Labute approximate surface area is 123 Å². The molecule has 0 saturated carbocycles. The van der Waals surface area contributed by atoms with Crippen molar-refractivity contribution in [2.45, 2.75) is 13.8 Å². The van der Waals surface area contributed by atoms with E-state index in [1.165, 1.54) is 12.1 Å². The van der Waals surface area contributed by atoms with Crippen molar-refractivity contribution in [3.63, 3.8) is 0 Å². The lowest BCUT2D eigenvalue weighted by Gasteiger charge is -2.06. The summed E-state index contributed by atoms with van der Waals surface area (Å²) in [5.41, 5.74) is 0.754. The third kappa shape index (κ3) is 6.03. The van der Waals surface area contributed by atoms with Gasteiger partial charge < -0.3 is 10.6 Å². The lowest BCUT2D eigenvalue weighted by molar-refractivity contribution is -0.116. The van der Waals surface area contributed by atoms with Crippen LogP contribution in [0.15, 0.2) is 42.5 Å². The van der Waals surface area contributed by atoms with E-state index in [9.17, 15) is 14.0 Å². The maximum atomic E-state index is 13.3. The number of aryl methyl sites for hydroxylation is 1. The summed E-state index contributed by atoms with van der Waals surface area (Å²) in [6.07, 6.45) is 6.58. The molecule has 2 amide bonds. The highest BCUT2D eigenvalue weighted by molar-refractivity contribution is 5.94. The minimum Gasteiger partial charge on any atom is -0.351 e. The van der Waals surface area contributed by atoms with Gasteiger partial charge in [0.05, 0.1) is 0 Å². The van der Waals surface area contributed by atoms with Crippen LogP contribution in [0.3, 0.4) is 0 Å². The molecule has 0 fully saturated rings. The average molecular weight is 290 g/mol. The molecule has 2 N–H and O–H groups in total. The van der Waals surface area contributed by atoms with Crippen LogP contribution in [-0.4, -0.2) is 24.9 Å². The third-order valence-electron chi connectivity index (χ3n) is 2.69. The van der Waals surface area contributed by atoms with E-state index in [-0.39, 0.29) is 23.9 Å². The summed E-state index contributed by atoms with van der Waals surface area (Å²) in [7, 11) is 0. The van der Waals surface area contributed by atoms with Crippen LogP contribution in [-0.2, 0) is 4.79 Å². The van der Waals surface area contributed by atoms with Gasteiger partial charge in [0.15, 0.2) is 0 Å². The van der Waals surface area contributed by atoms with E-state index < -0.39 is 5.82 Å². The maximum absolute atomic E-state index is 13.3. The number of carbonyl (C=O) groups is 2. The van der Waals surface area contributed by atoms with Gasteiger partial charge in [0.1, 0.15) is 5.82 Å². The second-order valence-electron chi connectivity index (χ2n) is 4.40. The van der Waals surface area contributed by atoms with Gasteiger partial charge in [-0.15, -0.1) is 0 Å². The molecule has 0 atom stereocenters. The van der Waals surface area contributed by atoms with Crippen molar-refractivity contribution in [1.82, 2.24) is 10.6 Å². The number of rotatable bonds is 6. The van der Waals surface area contributed by atoms with Crippen LogP contribution in [0.1, 0.15) is 22.8 Å². The van der Waals surface area contributed by atoms with E-state index in [1.807, 2.05) is 13.0 Å². The lowest BCUT2D eigenvalue weighted by atomic mass is 10.1. The average Bonchev–Trinajstić information content (AvgIpc) is 2.46. The zero-order valence-electron chi connectivity index (χ0n) is 12.2. The zero-order valence-corrected chi connectivity index (χ0v) is 12.2. The number of allylic oxidation sites excluding steroid dienone is 3. The van der Waals surface area contributed by atoms with Crippen molar-refractivity contribution < 1.29 is 14.0 Å². The molecule has 0 saturated heterocycles. The van der Waals surface area contributed by atoms with Crippen molar-refractivity contribution in [1.29, 1.82) is 0 Å². The molecule has 0 aliphatic heterocycles. The Kier molecular flexibility index (Phi) is 6.87. The minimum absolute atomic E-state index is 0.233. The van der Waals surface area contributed by atoms with Gasteiger partial charge in [-0.3, -0.25) is 9.59 Å². The summed E-state index contributed by atoms with van der Waals surface area (Å²) in [5.74, 6) is -1.01. The van der Waals surface area contributed by atoms with Gasteiger partial charge in [-0.05, 0) is 31.5 Å². The fourth-order valence-corrected chi connectivity index (χ4v) is 1.51. The molecule has 0 bridgehead atoms. The molecule has 0 aliphatic carbocycles. The van der Waals surface area contributed by atoms with Crippen LogP contribution in [0.25, 0.3) is 0 Å². The first kappa shape index (κ1) is 16.6. The van der Waals surface area contributed by atoms with Crippen molar-refractivity contribution in [2.24, 2.45) is 0 Å². The Hall–Kier alpha value is -2.43. The SMILES string of the molecule is C/C=C/C=C/C(=O)NCCNC(=O)c1ccc(C)c(F)c1. The van der Waals surface area contributed by atoms with Gasteiger partial charge in [-0.1, -0.05) is 24.3 Å². The molecular weight excluding hydrogens is 271 g/mol. The number of hydrogen-bond donors (Lipinski definition) is 2. The molecule has 1 aromatic carbocycles. The molecule has 1 aromatic rings. The molecule has 0 aromatic heterocycles. The van der Waals surface area contributed by atoms with E-state index in [4.69, 9.17) is 0 Å². The molecule has 0 aliphatic rings. The first-order valence-corrected chi connectivity index (χ1v) is 6.66. The minimum atomic E-state index is -0.412. The van der Waals surface area contributed by atoms with Crippen LogP contribution in [0.5, 0.6) is 0 Å². The third-order valence-corrected chi connectivity index (χ3v) is 2.69. The maximum Gasteiger partial charge on any atom is 0.251 e. The van der Waals surface area contributed by atoms with Crippen LogP contribution >= 0.6 is 0 Å². The number of amides is 2. The first-order valence-electron chi connectivity index (χ1n) is 6.66. The summed E-state index contributed by atoms with van der Waals surface area (Å²) in [5, 5.41) is 5.23. The van der Waals surface area contributed by atoms with Crippen molar-refractivity contribution in [3.05, 3.63) is 59.4 Å². The van der Waals surface area contributed by atoms with Crippen molar-refractivity contribution in [3.8, 4) is 0 Å². The molecule has 0 radical (unpaired) electrons. The Morgan fingerprint density at radius 1 is 1.19 bits per heavy atom. The van der Waals surface area contributed by atoms with Crippen LogP contribution in [0.4, 0.5) is 4.39 Å². The smallest absolute Gasteiger partial charge is 0.251 e. The van der Waals surface area contributed by atoms with Crippen molar-refractivity contribution >= 4 is 11.8 Å². The molecule has 4 nitrogen and oxygen atoms in total. The first-order chi connectivity index (χ1) is 10.0. The number of hydrogen-bond acceptors (Lipinski definition) is 2. The highest BCUT2D eigenvalue weighted by atomic mass is 19.1. The largest absolute Gasteiger partial charge is 0.351 e. The number of benzene rings is 1. The Morgan fingerprint density at radius 2 is 1.90 bits per heavy atom. The highest BCUT2D eigenvalue weighted by Gasteiger charge is 2.07. The van der Waals surface area contributed by atoms with E-state index in [1.54, 1.807) is 31.2 Å². The summed E-state index contributed by atoms with van der Waals surface area (Å²) in [6.45, 7) is 4.07. The van der Waals surface area contributed by atoms with Crippen molar-refractivity contribution in [2.75, 3.05) is 13.1 Å². The molecule has 112 valence electrons. The molecular formula is C16H19FN2O2. The van der Waals surface area contributed by atoms with Gasteiger partial charge in [-0.2, -0.15) is 0 Å². The summed E-state index contributed by atoms with van der Waals surface area (Å²) in [4.78, 5) is 23.1. The van der Waals surface area contributed by atoms with Gasteiger partial charge in [0.25, 0.3) is 5.91 Å². The molecule has 1 rings (SSSR count). The van der Waals surface area contributed by atoms with Crippen LogP contribution < -0.4 is 10.6 Å². The fraction of sp³-hybridized carbons (Fsp3) is 0.250. The quantitative estimate of drug-likeness (QED) is 0.479. The second kappa shape index (κ2) is 8.68. The normalized spacial score (nSPS) is 11.0. The molecule has 21 heavy (non-hydrogen) atoms. The Bertz CT molecular complexity index is 565. The zero-order chi connectivity index (χ0) is 15.7. The van der Waals surface area contributed by atoms with E-state index in [0.717, 1.165) is 0 Å². The summed E-state index contributed by atoms with van der Waals surface area (Å²) >= 11 is 0. The molecule has 0 unspecified atom stereocenters. The Balaban J connectivity index is 2.33. The van der Waals surface area contributed by atoms with Gasteiger partial charge in [0.2, 0.25) is 5.91 Å². The number of halogens is 1. The second-order valence-corrected chi connectivity index (χ2v) is 4.40. The predicted molar refractivity (Wildman–Crippen MR) is 80.4 cm³/mol. The standard InChI is InChI=1S/C16H19FN2O2/c1-3-4-5-6-15(20)18-9-10-19-16(21)13-8-7-12(2)14(17)11-13/h3-8,11H,9-10H2,1-2H3,(H,18,20)(H,19,21)/b4-3+,6-5+. The monoisotopic (exact) mass is 290 g/mol. The number of carbonyl (C=O) groups excluding carboxylic acids is 2. The Morgan fingerprint density at radius 3 is 2.57 bits per heavy atom. The van der Waals surface area contributed by atoms with E-state index >= 15 is 0 Å². The molecule has 5 heteroatoms. The van der Waals surface area contributed by atoms with Gasteiger partial charge in [-0.25, -0.2) is 4.39 Å². The summed E-state index contributed by atoms with van der Waals surface area (Å²) < 4.78 is 13.3. The van der Waals surface area contributed by atoms with E-state index in [2.05, 4.69) is 10.6 Å². The highest BCUT2D eigenvalue weighted by Crippen LogP contribution is 2.08. The topological polar surface area (TPSA) is 58.2 Å². The summed E-state index contributed by atoms with van der Waals surface area (Å²) in [6, 6.07) is 4.31. The van der Waals surface area contributed by atoms with E-state index in [0.29, 0.717) is 12.1 Å². The van der Waals surface area contributed by atoms with Gasteiger partial charge >= 0.3 is 0 Å². The number of nitrogens with one attached hydrogen (secondary N) is 2. The molecule has 0 heterocycles. The van der Waals surface area contributed by atoms with Gasteiger partial charge in [0, 0.05) is 24.7 Å². The van der Waals surface area contributed by atoms with Crippen LogP contribution in [0, 0.1) is 12.7 Å². The molecule has 0 spiro atoms. The van der Waals surface area contributed by atoms with Crippen LogP contribution in [0.2, 0.25) is 0 Å². The fourth-order valence-electron chi connectivity index (χ4n) is 1.51. The lowest BCUT2D eigenvalue weighted by Crippen LogP contribution is -2.34. The predicted octanol–water partition coefficient (Wildman–Crippen LogP) is 2.11.